The topological polar surface area (TPSA) is 87.1 Å². The molecule has 0 saturated heterocycles. The zero-order valence-electron chi connectivity index (χ0n) is 12.2. The summed E-state index contributed by atoms with van der Waals surface area (Å²) in [4.78, 5) is 8.61. The Hall–Kier alpha value is -1.95. The third-order valence-electron chi connectivity index (χ3n) is 3.98. The van der Waals surface area contributed by atoms with Gasteiger partial charge < -0.3 is 15.0 Å². The van der Waals surface area contributed by atoms with Crippen LogP contribution in [0.4, 0.5) is 0 Å². The van der Waals surface area contributed by atoms with Crippen LogP contribution in [-0.4, -0.2) is 27.8 Å². The molecule has 0 aromatic carbocycles. The summed E-state index contributed by atoms with van der Waals surface area (Å²) in [5.74, 6) is 1.90. The maximum absolute atomic E-state index is 6.33. The van der Waals surface area contributed by atoms with Crippen LogP contribution in [-0.2, 0) is 12.8 Å². The molecule has 0 spiro atoms. The van der Waals surface area contributed by atoms with Crippen LogP contribution in [0.5, 0.6) is 5.88 Å². The first-order valence-corrected chi connectivity index (χ1v) is 7.26. The van der Waals surface area contributed by atoms with Crippen LogP contribution in [0.1, 0.15) is 43.0 Å². The number of hydrogen-bond donors (Lipinski definition) is 1. The summed E-state index contributed by atoms with van der Waals surface area (Å²) in [6, 6.07) is 3.77. The van der Waals surface area contributed by atoms with Gasteiger partial charge in [0.1, 0.15) is 0 Å². The van der Waals surface area contributed by atoms with Crippen molar-refractivity contribution in [2.45, 2.75) is 44.1 Å². The predicted octanol–water partition coefficient (Wildman–Crippen LogP) is 1.88. The molecule has 0 atom stereocenters. The van der Waals surface area contributed by atoms with E-state index in [2.05, 4.69) is 15.1 Å². The molecular weight excluding hydrogens is 268 g/mol. The van der Waals surface area contributed by atoms with Gasteiger partial charge >= 0.3 is 0 Å². The lowest BCUT2D eigenvalue weighted by atomic mass is 9.95. The number of nitrogens with two attached hydrogens (primary N) is 1. The monoisotopic (exact) mass is 288 g/mol. The summed E-state index contributed by atoms with van der Waals surface area (Å²) in [7, 11) is 1.60. The van der Waals surface area contributed by atoms with Crippen LogP contribution in [0.3, 0.4) is 0 Å². The summed E-state index contributed by atoms with van der Waals surface area (Å²) in [5, 5.41) is 4.03. The quantitative estimate of drug-likeness (QED) is 0.904. The van der Waals surface area contributed by atoms with Gasteiger partial charge in [-0.2, -0.15) is 4.98 Å². The second-order valence-electron chi connectivity index (χ2n) is 5.74. The van der Waals surface area contributed by atoms with Gasteiger partial charge in [0.15, 0.2) is 5.82 Å². The molecule has 0 amide bonds. The fraction of sp³-hybridized carbons (Fsp3) is 0.533. The van der Waals surface area contributed by atoms with Crippen LogP contribution in [0.15, 0.2) is 22.9 Å². The minimum absolute atomic E-state index is 0.161. The molecule has 2 N–H and O–H groups in total. The first kappa shape index (κ1) is 14.0. The number of nitrogens with zero attached hydrogens (tertiary/aromatic N) is 3. The molecule has 0 bridgehead atoms. The normalized spacial score (nSPS) is 17.0. The van der Waals surface area contributed by atoms with Gasteiger partial charge in [-0.25, -0.2) is 4.98 Å². The zero-order chi connectivity index (χ0) is 14.7. The SMILES string of the molecule is COc1ccc(Cc2noc(CC3(N)CCCC3)n2)cn1. The van der Waals surface area contributed by atoms with Gasteiger partial charge in [-0.05, 0) is 18.4 Å². The van der Waals surface area contributed by atoms with Gasteiger partial charge in [-0.3, -0.25) is 0 Å². The Morgan fingerprint density at radius 3 is 2.81 bits per heavy atom. The summed E-state index contributed by atoms with van der Waals surface area (Å²) < 4.78 is 10.4. The number of methoxy groups -OCH3 is 1. The van der Waals surface area contributed by atoms with Crippen LogP contribution in [0, 0.1) is 0 Å². The summed E-state index contributed by atoms with van der Waals surface area (Å²) in [6.07, 6.45) is 7.47. The van der Waals surface area contributed by atoms with E-state index in [0.29, 0.717) is 30.4 Å². The van der Waals surface area contributed by atoms with E-state index in [1.807, 2.05) is 12.1 Å². The average molecular weight is 288 g/mol. The van der Waals surface area contributed by atoms with Crippen LogP contribution < -0.4 is 10.5 Å². The largest absolute Gasteiger partial charge is 0.481 e. The van der Waals surface area contributed by atoms with E-state index in [4.69, 9.17) is 15.0 Å². The Morgan fingerprint density at radius 2 is 2.14 bits per heavy atom. The summed E-state index contributed by atoms with van der Waals surface area (Å²) in [6.45, 7) is 0. The lowest BCUT2D eigenvalue weighted by molar-refractivity contribution is 0.327. The van der Waals surface area contributed by atoms with Crippen molar-refractivity contribution >= 4 is 0 Å². The minimum atomic E-state index is -0.161. The Kier molecular flexibility index (Phi) is 3.88. The molecule has 0 unspecified atom stereocenters. The number of aromatic nitrogens is 3. The standard InChI is InChI=1S/C15H20N4O2/c1-20-13-5-4-11(10-17-13)8-12-18-14(21-19-12)9-15(16)6-2-3-7-15/h4-5,10H,2-3,6-9,16H2,1H3. The maximum atomic E-state index is 6.33. The lowest BCUT2D eigenvalue weighted by Gasteiger charge is -2.20. The highest BCUT2D eigenvalue weighted by Crippen LogP contribution is 2.29. The van der Waals surface area contributed by atoms with Gasteiger partial charge in [-0.15, -0.1) is 0 Å². The first-order chi connectivity index (χ1) is 10.2. The summed E-state index contributed by atoms with van der Waals surface area (Å²) in [5.41, 5.74) is 7.19. The molecule has 21 heavy (non-hydrogen) atoms. The lowest BCUT2D eigenvalue weighted by Crippen LogP contribution is -2.38. The van der Waals surface area contributed by atoms with E-state index in [1.54, 1.807) is 13.3 Å². The molecule has 1 aliphatic rings. The van der Waals surface area contributed by atoms with Crippen molar-refractivity contribution in [1.29, 1.82) is 0 Å². The van der Waals surface area contributed by atoms with E-state index in [0.717, 1.165) is 18.4 Å². The van der Waals surface area contributed by atoms with Gasteiger partial charge in [0, 0.05) is 30.6 Å². The van der Waals surface area contributed by atoms with Crippen LogP contribution in [0.25, 0.3) is 0 Å². The highest BCUT2D eigenvalue weighted by molar-refractivity contribution is 5.20. The molecule has 0 radical (unpaired) electrons. The molecule has 1 saturated carbocycles. The van der Waals surface area contributed by atoms with Gasteiger partial charge in [-0.1, -0.05) is 24.1 Å². The smallest absolute Gasteiger partial charge is 0.228 e. The third-order valence-corrected chi connectivity index (χ3v) is 3.98. The third kappa shape index (κ3) is 3.39. The molecule has 2 aromatic rings. The van der Waals surface area contributed by atoms with E-state index in [-0.39, 0.29) is 5.54 Å². The molecule has 112 valence electrons. The van der Waals surface area contributed by atoms with Crippen molar-refractivity contribution in [3.8, 4) is 5.88 Å². The van der Waals surface area contributed by atoms with E-state index in [9.17, 15) is 0 Å². The molecule has 6 heteroatoms. The van der Waals surface area contributed by atoms with Gasteiger partial charge in [0.25, 0.3) is 0 Å². The molecule has 2 aromatic heterocycles. The fourth-order valence-electron chi connectivity index (χ4n) is 2.81. The second-order valence-corrected chi connectivity index (χ2v) is 5.74. The highest BCUT2D eigenvalue weighted by Gasteiger charge is 2.31. The Balaban J connectivity index is 1.64. The van der Waals surface area contributed by atoms with E-state index in [1.165, 1.54) is 12.8 Å². The van der Waals surface area contributed by atoms with Crippen molar-refractivity contribution in [1.82, 2.24) is 15.1 Å². The van der Waals surface area contributed by atoms with E-state index < -0.39 is 0 Å². The number of ether oxygens (including phenoxy) is 1. The molecule has 2 heterocycles. The van der Waals surface area contributed by atoms with Crippen molar-refractivity contribution in [2.24, 2.45) is 5.73 Å². The maximum Gasteiger partial charge on any atom is 0.228 e. The van der Waals surface area contributed by atoms with Gasteiger partial charge in [0.2, 0.25) is 11.8 Å². The van der Waals surface area contributed by atoms with Crippen molar-refractivity contribution in [3.05, 3.63) is 35.6 Å². The summed E-state index contributed by atoms with van der Waals surface area (Å²) >= 11 is 0. The van der Waals surface area contributed by atoms with Crippen molar-refractivity contribution < 1.29 is 9.26 Å². The van der Waals surface area contributed by atoms with E-state index >= 15 is 0 Å². The van der Waals surface area contributed by atoms with Crippen LogP contribution in [0.2, 0.25) is 0 Å². The molecule has 1 aliphatic carbocycles. The first-order valence-electron chi connectivity index (χ1n) is 7.26. The van der Waals surface area contributed by atoms with Gasteiger partial charge in [0.05, 0.1) is 7.11 Å². The average Bonchev–Trinajstić information content (AvgIpc) is 3.10. The number of pyridine rings is 1. The fourth-order valence-corrected chi connectivity index (χ4v) is 2.81. The molecular formula is C15H20N4O2. The molecule has 6 nitrogen and oxygen atoms in total. The molecule has 0 aliphatic heterocycles. The molecule has 1 fully saturated rings. The molecule has 3 rings (SSSR count). The van der Waals surface area contributed by atoms with Crippen LogP contribution >= 0.6 is 0 Å². The minimum Gasteiger partial charge on any atom is -0.481 e. The number of hydrogen-bond acceptors (Lipinski definition) is 6. The Morgan fingerprint density at radius 1 is 1.33 bits per heavy atom. The second kappa shape index (κ2) is 5.81. The van der Waals surface area contributed by atoms with Crippen molar-refractivity contribution in [2.75, 3.05) is 7.11 Å². The highest BCUT2D eigenvalue weighted by atomic mass is 16.5. The Bertz CT molecular complexity index is 588. The number of rotatable bonds is 5. The predicted molar refractivity (Wildman–Crippen MR) is 77.0 cm³/mol. The Labute approximate surface area is 123 Å². The zero-order valence-corrected chi connectivity index (χ0v) is 12.2. The van der Waals surface area contributed by atoms with Crippen molar-refractivity contribution in [3.63, 3.8) is 0 Å².